The SMILES string of the molecule is COc1ccc2nccc(C(O[Si](C)(C)C)[C@@H]3CC4CCN3C[C@@H]4CCC(F)(F)F)c2c1. The molecule has 3 fully saturated rings. The maximum absolute atomic E-state index is 12.8. The number of halogens is 3. The van der Waals surface area contributed by atoms with Crippen LogP contribution in [0.15, 0.2) is 30.5 Å². The van der Waals surface area contributed by atoms with Crippen molar-refractivity contribution in [1.82, 2.24) is 9.88 Å². The average molecular weight is 467 g/mol. The largest absolute Gasteiger partial charge is 0.497 e. The number of hydrogen-bond acceptors (Lipinski definition) is 4. The molecule has 4 heterocycles. The zero-order chi connectivity index (χ0) is 23.1. The second kappa shape index (κ2) is 8.95. The summed E-state index contributed by atoms with van der Waals surface area (Å²) in [6.07, 6.45) is -0.986. The maximum atomic E-state index is 12.8. The molecule has 0 spiro atoms. The van der Waals surface area contributed by atoms with Crippen molar-refractivity contribution < 1.29 is 22.3 Å². The molecule has 4 nitrogen and oxygen atoms in total. The molecule has 176 valence electrons. The lowest BCUT2D eigenvalue weighted by molar-refractivity contribution is -0.143. The number of alkyl halides is 3. The molecule has 5 rings (SSSR count). The van der Waals surface area contributed by atoms with Crippen LogP contribution in [0.3, 0.4) is 0 Å². The summed E-state index contributed by atoms with van der Waals surface area (Å²) in [4.78, 5) is 6.92. The van der Waals surface area contributed by atoms with E-state index in [1.54, 1.807) is 7.11 Å². The molecule has 5 atom stereocenters. The zero-order valence-corrected chi connectivity index (χ0v) is 20.3. The van der Waals surface area contributed by atoms with Gasteiger partial charge in [0.15, 0.2) is 8.32 Å². The van der Waals surface area contributed by atoms with Gasteiger partial charge < -0.3 is 9.16 Å². The summed E-state index contributed by atoms with van der Waals surface area (Å²) in [5.41, 5.74) is 1.99. The third kappa shape index (κ3) is 5.29. The molecule has 0 amide bonds. The normalized spacial score (nSPS) is 27.0. The lowest BCUT2D eigenvalue weighted by Gasteiger charge is -2.53. The van der Waals surface area contributed by atoms with E-state index in [4.69, 9.17) is 9.16 Å². The first-order valence-electron chi connectivity index (χ1n) is 11.5. The third-order valence-electron chi connectivity index (χ3n) is 6.85. The van der Waals surface area contributed by atoms with Crippen LogP contribution in [-0.2, 0) is 4.43 Å². The van der Waals surface area contributed by atoms with Gasteiger partial charge in [-0.05, 0) is 87.1 Å². The highest BCUT2D eigenvalue weighted by Gasteiger charge is 2.45. The zero-order valence-electron chi connectivity index (χ0n) is 19.3. The number of fused-ring (bicyclic) bond motifs is 4. The van der Waals surface area contributed by atoms with Gasteiger partial charge >= 0.3 is 6.18 Å². The van der Waals surface area contributed by atoms with Crippen molar-refractivity contribution in [3.8, 4) is 5.75 Å². The molecule has 3 aliphatic heterocycles. The fraction of sp³-hybridized carbons (Fsp3) is 0.625. The molecule has 3 aliphatic rings. The number of hydrogen-bond donors (Lipinski definition) is 0. The van der Waals surface area contributed by atoms with Crippen LogP contribution in [0, 0.1) is 11.8 Å². The predicted octanol–water partition coefficient (Wildman–Crippen LogP) is 6.19. The molecular formula is C24H33F3N2O2Si. The van der Waals surface area contributed by atoms with E-state index in [9.17, 15) is 13.2 Å². The van der Waals surface area contributed by atoms with E-state index in [1.165, 1.54) is 0 Å². The minimum atomic E-state index is -4.08. The van der Waals surface area contributed by atoms with Gasteiger partial charge in [0.05, 0.1) is 18.7 Å². The average Bonchev–Trinajstić information content (AvgIpc) is 2.74. The van der Waals surface area contributed by atoms with Crippen LogP contribution in [0.4, 0.5) is 13.2 Å². The van der Waals surface area contributed by atoms with Gasteiger partial charge in [-0.2, -0.15) is 13.2 Å². The van der Waals surface area contributed by atoms with Gasteiger partial charge in [0.25, 0.3) is 0 Å². The summed E-state index contributed by atoms with van der Waals surface area (Å²) in [6.45, 7) is 8.21. The minimum absolute atomic E-state index is 0.114. The fourth-order valence-electron chi connectivity index (χ4n) is 5.42. The summed E-state index contributed by atoms with van der Waals surface area (Å²) in [7, 11) is -0.255. The van der Waals surface area contributed by atoms with Crippen LogP contribution in [-0.4, -0.2) is 50.6 Å². The smallest absolute Gasteiger partial charge is 0.389 e. The van der Waals surface area contributed by atoms with Crippen molar-refractivity contribution in [2.24, 2.45) is 11.8 Å². The fourth-order valence-corrected chi connectivity index (χ4v) is 6.47. The maximum Gasteiger partial charge on any atom is 0.389 e. The Morgan fingerprint density at radius 3 is 2.62 bits per heavy atom. The number of ether oxygens (including phenoxy) is 1. The monoisotopic (exact) mass is 466 g/mol. The van der Waals surface area contributed by atoms with Gasteiger partial charge in [0, 0.05) is 30.6 Å². The Kier molecular flexibility index (Phi) is 6.58. The van der Waals surface area contributed by atoms with E-state index >= 15 is 0 Å². The first-order valence-corrected chi connectivity index (χ1v) is 14.9. The predicted molar refractivity (Wildman–Crippen MR) is 122 cm³/mol. The van der Waals surface area contributed by atoms with Crippen molar-refractivity contribution in [3.05, 3.63) is 36.0 Å². The number of methoxy groups -OCH3 is 1. The minimum Gasteiger partial charge on any atom is -0.497 e. The Morgan fingerprint density at radius 1 is 1.22 bits per heavy atom. The van der Waals surface area contributed by atoms with Crippen molar-refractivity contribution in [3.63, 3.8) is 0 Å². The molecule has 0 saturated carbocycles. The summed E-state index contributed by atoms with van der Waals surface area (Å²) in [5, 5.41) is 1.02. The number of aromatic nitrogens is 1. The molecule has 3 unspecified atom stereocenters. The molecule has 0 N–H and O–H groups in total. The highest BCUT2D eigenvalue weighted by molar-refractivity contribution is 6.69. The van der Waals surface area contributed by atoms with E-state index in [0.29, 0.717) is 5.92 Å². The van der Waals surface area contributed by atoms with Gasteiger partial charge in [-0.1, -0.05) is 0 Å². The van der Waals surface area contributed by atoms with E-state index in [1.807, 2.05) is 30.5 Å². The van der Waals surface area contributed by atoms with Crippen LogP contribution in [0.2, 0.25) is 19.6 Å². The quantitative estimate of drug-likeness (QED) is 0.456. The summed E-state index contributed by atoms with van der Waals surface area (Å²) in [5.74, 6) is 1.21. The lowest BCUT2D eigenvalue weighted by Crippen LogP contribution is -2.56. The Hall–Kier alpha value is -1.64. The number of pyridine rings is 1. The van der Waals surface area contributed by atoms with Gasteiger partial charge in [0.1, 0.15) is 5.75 Å². The van der Waals surface area contributed by atoms with Crippen LogP contribution < -0.4 is 4.74 Å². The second-order valence-electron chi connectivity index (χ2n) is 10.2. The molecule has 8 heteroatoms. The van der Waals surface area contributed by atoms with Crippen LogP contribution >= 0.6 is 0 Å². The molecule has 1 aromatic heterocycles. The molecule has 0 radical (unpaired) electrons. The Balaban J connectivity index is 1.65. The third-order valence-corrected chi connectivity index (χ3v) is 7.81. The van der Waals surface area contributed by atoms with Gasteiger partial charge in [-0.25, -0.2) is 0 Å². The van der Waals surface area contributed by atoms with Crippen molar-refractivity contribution in [2.45, 2.75) is 63.6 Å². The molecule has 1 aromatic carbocycles. The van der Waals surface area contributed by atoms with Gasteiger partial charge in [0.2, 0.25) is 0 Å². The first-order chi connectivity index (χ1) is 15.0. The van der Waals surface area contributed by atoms with E-state index in [2.05, 4.69) is 29.5 Å². The molecule has 3 saturated heterocycles. The number of benzene rings is 1. The number of piperidine rings is 3. The number of rotatable bonds is 7. The van der Waals surface area contributed by atoms with Crippen molar-refractivity contribution in [1.29, 1.82) is 0 Å². The summed E-state index contributed by atoms with van der Waals surface area (Å²) in [6, 6.07) is 8.09. The second-order valence-corrected chi connectivity index (χ2v) is 14.7. The van der Waals surface area contributed by atoms with E-state index < -0.39 is 20.9 Å². The lowest BCUT2D eigenvalue weighted by atomic mass is 9.72. The van der Waals surface area contributed by atoms with Crippen molar-refractivity contribution >= 4 is 19.2 Å². The molecule has 0 aliphatic carbocycles. The Bertz CT molecular complexity index is 947. The molecular weight excluding hydrogens is 433 g/mol. The van der Waals surface area contributed by atoms with E-state index in [0.717, 1.165) is 48.1 Å². The van der Waals surface area contributed by atoms with Crippen LogP contribution in [0.1, 0.15) is 37.4 Å². The van der Waals surface area contributed by atoms with Crippen LogP contribution in [0.5, 0.6) is 5.75 Å². The highest BCUT2D eigenvalue weighted by Crippen LogP contribution is 2.46. The summed E-state index contributed by atoms with van der Waals surface area (Å²) >= 11 is 0. The standard InChI is InChI=1S/C24H33F3N2O2Si/c1-30-18-5-6-21-20(14-18)19(8-11-28-21)23(31-32(2,3)4)22-13-16-9-12-29(22)15-17(16)7-10-24(25,26)27/h5-6,8,11,14,16-17,22-23H,7,9-10,12-13,15H2,1-4H3/t16?,17-,22-,23?/m0/s1. The Labute approximate surface area is 189 Å². The summed E-state index contributed by atoms with van der Waals surface area (Å²) < 4.78 is 50.7. The van der Waals surface area contributed by atoms with Gasteiger partial charge in [-0.15, -0.1) is 0 Å². The van der Waals surface area contributed by atoms with Crippen LogP contribution in [0.25, 0.3) is 10.9 Å². The Morgan fingerprint density at radius 2 is 2.00 bits per heavy atom. The first kappa shape index (κ1) is 23.5. The van der Waals surface area contributed by atoms with Gasteiger partial charge in [-0.3, -0.25) is 9.88 Å². The number of nitrogens with zero attached hydrogens (tertiary/aromatic N) is 2. The van der Waals surface area contributed by atoms with Crippen molar-refractivity contribution in [2.75, 3.05) is 20.2 Å². The molecule has 32 heavy (non-hydrogen) atoms. The highest BCUT2D eigenvalue weighted by atomic mass is 28.4. The molecule has 2 aromatic rings. The topological polar surface area (TPSA) is 34.6 Å². The molecule has 2 bridgehead atoms. The van der Waals surface area contributed by atoms with E-state index in [-0.39, 0.29) is 24.5 Å².